The van der Waals surface area contributed by atoms with Crippen LogP contribution in [0.15, 0.2) is 42.5 Å². The van der Waals surface area contributed by atoms with Crippen LogP contribution in [0.2, 0.25) is 0 Å². The number of hydrogen-bond acceptors (Lipinski definition) is 5. The second kappa shape index (κ2) is 11.4. The number of urea groups is 1. The number of carbonyl (C=O) groups excluding carboxylic acids is 2. The maximum atomic E-state index is 12.8. The molecule has 0 saturated carbocycles. The Morgan fingerprint density at radius 1 is 1.00 bits per heavy atom. The third-order valence-electron chi connectivity index (χ3n) is 5.97. The zero-order valence-electron chi connectivity index (χ0n) is 19.7. The molecule has 0 radical (unpaired) electrons. The molecule has 8 heteroatoms. The second-order valence-electron chi connectivity index (χ2n) is 8.18. The van der Waals surface area contributed by atoms with Gasteiger partial charge in [0.05, 0.1) is 33.1 Å². The van der Waals surface area contributed by atoms with E-state index in [1.165, 1.54) is 21.3 Å². The van der Waals surface area contributed by atoms with E-state index in [0.717, 1.165) is 18.4 Å². The molecule has 3 rings (SSSR count). The van der Waals surface area contributed by atoms with Crippen molar-refractivity contribution in [1.82, 2.24) is 10.2 Å². The van der Waals surface area contributed by atoms with Crippen molar-refractivity contribution in [3.8, 4) is 17.2 Å². The molecule has 3 amide bonds. The van der Waals surface area contributed by atoms with Crippen molar-refractivity contribution < 1.29 is 23.8 Å². The van der Waals surface area contributed by atoms with Gasteiger partial charge in [0.25, 0.3) is 0 Å². The van der Waals surface area contributed by atoms with Crippen molar-refractivity contribution in [3.63, 3.8) is 0 Å². The highest BCUT2D eigenvalue weighted by Gasteiger charge is 2.25. The normalized spacial score (nSPS) is 14.8. The summed E-state index contributed by atoms with van der Waals surface area (Å²) in [6.07, 6.45) is 2.05. The number of hydrogen-bond donors (Lipinski definition) is 2. The van der Waals surface area contributed by atoms with Gasteiger partial charge in [0.1, 0.15) is 0 Å². The Morgan fingerprint density at radius 3 is 2.15 bits per heavy atom. The zero-order valence-corrected chi connectivity index (χ0v) is 19.7. The minimum atomic E-state index is -0.190. The largest absolute Gasteiger partial charge is 0.493 e. The van der Waals surface area contributed by atoms with Crippen LogP contribution in [0.3, 0.4) is 0 Å². The average Bonchev–Trinajstić information content (AvgIpc) is 2.84. The van der Waals surface area contributed by atoms with Crippen LogP contribution in [0.1, 0.15) is 37.8 Å². The predicted molar refractivity (Wildman–Crippen MR) is 127 cm³/mol. The lowest BCUT2D eigenvalue weighted by atomic mass is 9.93. The van der Waals surface area contributed by atoms with Crippen LogP contribution in [-0.4, -0.2) is 51.3 Å². The first kappa shape index (κ1) is 24.2. The highest BCUT2D eigenvalue weighted by molar-refractivity contribution is 5.90. The summed E-state index contributed by atoms with van der Waals surface area (Å²) in [5.41, 5.74) is 1.65. The highest BCUT2D eigenvalue weighted by atomic mass is 16.5. The van der Waals surface area contributed by atoms with Crippen LogP contribution < -0.4 is 24.8 Å². The molecule has 1 fully saturated rings. The van der Waals surface area contributed by atoms with Gasteiger partial charge in [0.2, 0.25) is 11.7 Å². The second-order valence-corrected chi connectivity index (χ2v) is 8.18. The van der Waals surface area contributed by atoms with E-state index in [9.17, 15) is 9.59 Å². The quantitative estimate of drug-likeness (QED) is 0.622. The van der Waals surface area contributed by atoms with Gasteiger partial charge in [0.15, 0.2) is 11.5 Å². The van der Waals surface area contributed by atoms with Crippen LogP contribution in [0.25, 0.3) is 0 Å². The molecule has 2 aromatic carbocycles. The highest BCUT2D eigenvalue weighted by Crippen LogP contribution is 2.40. The Kier molecular flexibility index (Phi) is 8.40. The van der Waals surface area contributed by atoms with Gasteiger partial charge in [-0.05, 0) is 31.2 Å². The van der Waals surface area contributed by atoms with Crippen molar-refractivity contribution in [2.75, 3.05) is 39.7 Å². The lowest BCUT2D eigenvalue weighted by Crippen LogP contribution is -2.42. The number of nitrogens with zero attached hydrogens (tertiary/aromatic N) is 1. The van der Waals surface area contributed by atoms with E-state index in [0.29, 0.717) is 42.4 Å². The van der Waals surface area contributed by atoms with Crippen LogP contribution in [-0.2, 0) is 4.79 Å². The summed E-state index contributed by atoms with van der Waals surface area (Å²) in [5, 5.41) is 5.98. The number of methoxy groups -OCH3 is 3. The van der Waals surface area contributed by atoms with Gasteiger partial charge in [-0.1, -0.05) is 30.3 Å². The molecular weight excluding hydrogens is 422 g/mol. The van der Waals surface area contributed by atoms with Gasteiger partial charge in [-0.3, -0.25) is 4.79 Å². The molecule has 0 aliphatic carbocycles. The van der Waals surface area contributed by atoms with Crippen molar-refractivity contribution in [3.05, 3.63) is 48.0 Å². The number of benzene rings is 2. The van der Waals surface area contributed by atoms with Crippen molar-refractivity contribution in [2.24, 2.45) is 5.92 Å². The van der Waals surface area contributed by atoms with Gasteiger partial charge in [-0.2, -0.15) is 0 Å². The fraction of sp³-hybridized carbons (Fsp3) is 0.440. The molecular formula is C25H33N3O5. The van der Waals surface area contributed by atoms with E-state index < -0.39 is 0 Å². The third-order valence-corrected chi connectivity index (χ3v) is 5.97. The number of anilines is 1. The van der Waals surface area contributed by atoms with E-state index >= 15 is 0 Å². The molecule has 1 heterocycles. The number of amides is 3. The molecule has 1 atom stereocenters. The monoisotopic (exact) mass is 455 g/mol. The molecule has 8 nitrogen and oxygen atoms in total. The Balaban J connectivity index is 1.49. The number of carbonyl (C=O) groups is 2. The van der Waals surface area contributed by atoms with Gasteiger partial charge in [-0.15, -0.1) is 0 Å². The summed E-state index contributed by atoms with van der Waals surface area (Å²) < 4.78 is 16.0. The average molecular weight is 456 g/mol. The molecule has 1 saturated heterocycles. The minimum absolute atomic E-state index is 0.0250. The summed E-state index contributed by atoms with van der Waals surface area (Å²) in [7, 11) is 4.60. The van der Waals surface area contributed by atoms with E-state index in [1.54, 1.807) is 17.0 Å². The minimum Gasteiger partial charge on any atom is -0.493 e. The fourth-order valence-corrected chi connectivity index (χ4v) is 4.08. The van der Waals surface area contributed by atoms with Crippen molar-refractivity contribution in [2.45, 2.75) is 32.2 Å². The first-order valence-corrected chi connectivity index (χ1v) is 11.1. The molecule has 2 N–H and O–H groups in total. The molecule has 0 spiro atoms. The zero-order chi connectivity index (χ0) is 23.8. The summed E-state index contributed by atoms with van der Waals surface area (Å²) in [6, 6.07) is 13.1. The van der Waals surface area contributed by atoms with Crippen LogP contribution in [0.4, 0.5) is 10.5 Å². The first-order chi connectivity index (χ1) is 15.9. The molecule has 1 aliphatic heterocycles. The molecule has 178 valence electrons. The SMILES string of the molecule is COc1cc(NC(=O)N2CCC(CC(=O)N[C@@H](C)c3ccccc3)CC2)cc(OC)c1OC. The van der Waals surface area contributed by atoms with Gasteiger partial charge < -0.3 is 29.7 Å². The van der Waals surface area contributed by atoms with E-state index in [4.69, 9.17) is 14.2 Å². The molecule has 33 heavy (non-hydrogen) atoms. The topological polar surface area (TPSA) is 89.1 Å². The number of ether oxygens (including phenoxy) is 3. The number of likely N-dealkylation sites (tertiary alicyclic amines) is 1. The van der Waals surface area contributed by atoms with E-state index in [2.05, 4.69) is 10.6 Å². The van der Waals surface area contributed by atoms with E-state index in [1.807, 2.05) is 37.3 Å². The first-order valence-electron chi connectivity index (χ1n) is 11.1. The van der Waals surface area contributed by atoms with Crippen molar-refractivity contribution >= 4 is 17.6 Å². The van der Waals surface area contributed by atoms with Crippen molar-refractivity contribution in [1.29, 1.82) is 0 Å². The summed E-state index contributed by atoms with van der Waals surface area (Å²) in [4.78, 5) is 27.0. The molecule has 1 aliphatic rings. The maximum Gasteiger partial charge on any atom is 0.321 e. The summed E-state index contributed by atoms with van der Waals surface area (Å²) in [6.45, 7) is 3.19. The fourth-order valence-electron chi connectivity index (χ4n) is 4.08. The molecule has 0 bridgehead atoms. The van der Waals surface area contributed by atoms with Gasteiger partial charge in [-0.25, -0.2) is 4.79 Å². The molecule has 2 aromatic rings. The maximum absolute atomic E-state index is 12.8. The lowest BCUT2D eigenvalue weighted by molar-refractivity contribution is -0.122. The Bertz CT molecular complexity index is 917. The van der Waals surface area contributed by atoms with Crippen LogP contribution in [0, 0.1) is 5.92 Å². The summed E-state index contributed by atoms with van der Waals surface area (Å²) in [5.74, 6) is 1.73. The molecule has 0 aromatic heterocycles. The number of rotatable bonds is 8. The third kappa shape index (κ3) is 6.31. The Labute approximate surface area is 195 Å². The summed E-state index contributed by atoms with van der Waals surface area (Å²) >= 11 is 0. The van der Waals surface area contributed by atoms with Gasteiger partial charge in [0, 0.05) is 31.6 Å². The lowest BCUT2D eigenvalue weighted by Gasteiger charge is -2.32. The van der Waals surface area contributed by atoms with E-state index in [-0.39, 0.29) is 23.9 Å². The van der Waals surface area contributed by atoms with Crippen LogP contribution in [0.5, 0.6) is 17.2 Å². The standard InChI is InChI=1S/C25H33N3O5/c1-17(19-8-6-5-7-9-19)26-23(29)14-18-10-12-28(13-11-18)25(30)27-20-15-21(31-2)24(33-4)22(16-20)32-3/h5-9,15-18H,10-14H2,1-4H3,(H,26,29)(H,27,30)/t17-/m0/s1. The number of nitrogens with one attached hydrogen (secondary N) is 2. The predicted octanol–water partition coefficient (Wildman–Crippen LogP) is 4.22. The number of piperidine rings is 1. The molecule has 0 unspecified atom stereocenters. The Hall–Kier alpha value is -3.42. The Morgan fingerprint density at radius 2 is 1.61 bits per heavy atom. The van der Waals surface area contributed by atoms with Crippen LogP contribution >= 0.6 is 0 Å². The smallest absolute Gasteiger partial charge is 0.321 e. The van der Waals surface area contributed by atoms with Gasteiger partial charge >= 0.3 is 6.03 Å².